The molecule has 0 fully saturated rings. The number of aromatic nitrogens is 2. The van der Waals surface area contributed by atoms with Crippen molar-refractivity contribution in [3.8, 4) is 11.4 Å². The van der Waals surface area contributed by atoms with E-state index in [9.17, 15) is 4.79 Å². The van der Waals surface area contributed by atoms with Gasteiger partial charge in [0, 0.05) is 11.9 Å². The fourth-order valence-electron chi connectivity index (χ4n) is 2.82. The van der Waals surface area contributed by atoms with Crippen molar-refractivity contribution in [3.05, 3.63) is 65.0 Å². The molecule has 108 valence electrons. The molecule has 2 aromatic carbocycles. The second-order valence-corrected chi connectivity index (χ2v) is 5.15. The molecule has 0 saturated heterocycles. The number of nitrogens with zero attached hydrogens (tertiary/aromatic N) is 2. The van der Waals surface area contributed by atoms with E-state index >= 15 is 0 Å². The van der Waals surface area contributed by atoms with Crippen LogP contribution >= 0.6 is 0 Å². The summed E-state index contributed by atoms with van der Waals surface area (Å²) in [5.41, 5.74) is 2.63. The van der Waals surface area contributed by atoms with Crippen molar-refractivity contribution in [1.82, 2.24) is 9.55 Å². The molecular weight excluding hydrogens is 276 g/mol. The normalized spacial score (nSPS) is 11.3. The third-order valence-corrected chi connectivity index (χ3v) is 3.85. The molecule has 0 amide bonds. The number of para-hydroxylation sites is 3. The lowest BCUT2D eigenvalue weighted by atomic mass is 10.2. The molecule has 0 aliphatic heterocycles. The standard InChI is InChI=1S/C18H14N2O2/c1-2-20-15-9-5-4-8-14(15)19-17(20)13-11-12-7-3-6-10-16(12)22-18(13)21/h3-11H,2H2,1H3. The number of hydrogen-bond donors (Lipinski definition) is 0. The molecule has 0 aliphatic rings. The maximum absolute atomic E-state index is 12.4. The molecule has 4 nitrogen and oxygen atoms in total. The van der Waals surface area contributed by atoms with E-state index in [1.54, 1.807) is 6.07 Å². The molecule has 4 aromatic rings. The summed E-state index contributed by atoms with van der Waals surface area (Å²) in [6, 6.07) is 17.2. The van der Waals surface area contributed by atoms with Gasteiger partial charge in [-0.1, -0.05) is 30.3 Å². The van der Waals surface area contributed by atoms with Gasteiger partial charge in [0.15, 0.2) is 0 Å². The van der Waals surface area contributed by atoms with Crippen LogP contribution in [0.25, 0.3) is 33.4 Å². The molecule has 4 rings (SSSR count). The molecular formula is C18H14N2O2. The Morgan fingerprint density at radius 3 is 2.73 bits per heavy atom. The predicted molar refractivity (Wildman–Crippen MR) is 86.9 cm³/mol. The van der Waals surface area contributed by atoms with Crippen molar-refractivity contribution in [2.45, 2.75) is 13.5 Å². The van der Waals surface area contributed by atoms with Gasteiger partial charge in [0.1, 0.15) is 17.0 Å². The maximum atomic E-state index is 12.4. The minimum atomic E-state index is -0.358. The van der Waals surface area contributed by atoms with Crippen LogP contribution < -0.4 is 5.63 Å². The van der Waals surface area contributed by atoms with Crippen LogP contribution in [-0.4, -0.2) is 9.55 Å². The fourth-order valence-corrected chi connectivity index (χ4v) is 2.82. The number of rotatable bonds is 2. The summed E-state index contributed by atoms with van der Waals surface area (Å²) in [5, 5.41) is 0.895. The Labute approximate surface area is 126 Å². The van der Waals surface area contributed by atoms with E-state index in [-0.39, 0.29) is 5.63 Å². The van der Waals surface area contributed by atoms with Gasteiger partial charge in [0.2, 0.25) is 0 Å². The zero-order valence-electron chi connectivity index (χ0n) is 12.1. The van der Waals surface area contributed by atoms with Crippen LogP contribution in [0.1, 0.15) is 6.92 Å². The van der Waals surface area contributed by atoms with Gasteiger partial charge in [-0.05, 0) is 31.2 Å². The summed E-state index contributed by atoms with van der Waals surface area (Å²) in [6.45, 7) is 2.78. The Hall–Kier alpha value is -2.88. The minimum absolute atomic E-state index is 0.358. The summed E-state index contributed by atoms with van der Waals surface area (Å²) in [4.78, 5) is 17.0. The van der Waals surface area contributed by atoms with Gasteiger partial charge < -0.3 is 8.98 Å². The van der Waals surface area contributed by atoms with Crippen LogP contribution in [0.5, 0.6) is 0 Å². The highest BCUT2D eigenvalue weighted by Gasteiger charge is 2.16. The second-order valence-electron chi connectivity index (χ2n) is 5.15. The lowest BCUT2D eigenvalue weighted by molar-refractivity contribution is 0.562. The third-order valence-electron chi connectivity index (χ3n) is 3.85. The van der Waals surface area contributed by atoms with Crippen LogP contribution in [0, 0.1) is 0 Å². The molecule has 0 bridgehead atoms. The van der Waals surface area contributed by atoms with Crippen molar-refractivity contribution in [2.24, 2.45) is 0 Å². The van der Waals surface area contributed by atoms with Gasteiger partial charge in [0.05, 0.1) is 11.0 Å². The first-order valence-corrected chi connectivity index (χ1v) is 7.26. The average molecular weight is 290 g/mol. The Morgan fingerprint density at radius 1 is 1.09 bits per heavy atom. The quantitative estimate of drug-likeness (QED) is 0.527. The SMILES string of the molecule is CCn1c(-c2cc3ccccc3oc2=O)nc2ccccc21. The van der Waals surface area contributed by atoms with Gasteiger partial charge in [-0.15, -0.1) is 0 Å². The van der Waals surface area contributed by atoms with E-state index in [1.165, 1.54) is 0 Å². The van der Waals surface area contributed by atoms with E-state index in [0.29, 0.717) is 17.0 Å². The van der Waals surface area contributed by atoms with Gasteiger partial charge in [0.25, 0.3) is 0 Å². The third kappa shape index (κ3) is 1.84. The first kappa shape index (κ1) is 12.8. The van der Waals surface area contributed by atoms with Crippen LogP contribution in [0.2, 0.25) is 0 Å². The number of hydrogen-bond acceptors (Lipinski definition) is 3. The van der Waals surface area contributed by atoms with Crippen molar-refractivity contribution < 1.29 is 4.42 Å². The van der Waals surface area contributed by atoms with E-state index in [1.807, 2.05) is 60.0 Å². The van der Waals surface area contributed by atoms with Crippen molar-refractivity contribution in [2.75, 3.05) is 0 Å². The zero-order valence-corrected chi connectivity index (χ0v) is 12.1. The van der Waals surface area contributed by atoms with Crippen LogP contribution in [0.4, 0.5) is 0 Å². The molecule has 0 atom stereocenters. The largest absolute Gasteiger partial charge is 0.422 e. The second kappa shape index (κ2) is 4.84. The predicted octanol–water partition coefficient (Wildman–Crippen LogP) is 3.83. The highest BCUT2D eigenvalue weighted by Crippen LogP contribution is 2.25. The van der Waals surface area contributed by atoms with Gasteiger partial charge >= 0.3 is 5.63 Å². The first-order valence-electron chi connectivity index (χ1n) is 7.26. The monoisotopic (exact) mass is 290 g/mol. The Bertz CT molecular complexity index is 1040. The van der Waals surface area contributed by atoms with E-state index in [0.717, 1.165) is 23.0 Å². The van der Waals surface area contributed by atoms with Crippen molar-refractivity contribution >= 4 is 22.0 Å². The van der Waals surface area contributed by atoms with E-state index < -0.39 is 0 Å². The molecule has 4 heteroatoms. The number of fused-ring (bicyclic) bond motifs is 2. The minimum Gasteiger partial charge on any atom is -0.422 e. The fraction of sp³-hybridized carbons (Fsp3) is 0.111. The molecule has 0 spiro atoms. The number of imidazole rings is 1. The van der Waals surface area contributed by atoms with Gasteiger partial charge in [-0.25, -0.2) is 9.78 Å². The highest BCUT2D eigenvalue weighted by molar-refractivity contribution is 5.84. The Morgan fingerprint density at radius 2 is 1.86 bits per heavy atom. The lowest BCUT2D eigenvalue weighted by Crippen LogP contribution is -2.07. The van der Waals surface area contributed by atoms with Gasteiger partial charge in [-0.2, -0.15) is 0 Å². The Kier molecular flexibility index (Phi) is 2.82. The molecule has 0 N–H and O–H groups in total. The highest BCUT2D eigenvalue weighted by atomic mass is 16.4. The van der Waals surface area contributed by atoms with Crippen LogP contribution in [-0.2, 0) is 6.54 Å². The molecule has 0 radical (unpaired) electrons. The molecule has 2 aromatic heterocycles. The van der Waals surface area contributed by atoms with E-state index in [4.69, 9.17) is 4.42 Å². The number of aryl methyl sites for hydroxylation is 1. The first-order chi connectivity index (χ1) is 10.8. The maximum Gasteiger partial charge on any atom is 0.347 e. The molecule has 0 unspecified atom stereocenters. The van der Waals surface area contributed by atoms with Crippen molar-refractivity contribution in [3.63, 3.8) is 0 Å². The number of benzene rings is 2. The van der Waals surface area contributed by atoms with Crippen molar-refractivity contribution in [1.29, 1.82) is 0 Å². The zero-order chi connectivity index (χ0) is 15.1. The van der Waals surface area contributed by atoms with E-state index in [2.05, 4.69) is 4.98 Å². The summed E-state index contributed by atoms with van der Waals surface area (Å²) in [6.07, 6.45) is 0. The van der Waals surface area contributed by atoms with Gasteiger partial charge in [-0.3, -0.25) is 0 Å². The van der Waals surface area contributed by atoms with Crippen LogP contribution in [0.3, 0.4) is 0 Å². The molecule has 0 saturated carbocycles. The summed E-state index contributed by atoms with van der Waals surface area (Å²) >= 11 is 0. The Balaban J connectivity index is 2.06. The molecule has 22 heavy (non-hydrogen) atoms. The molecule has 0 aliphatic carbocycles. The summed E-state index contributed by atoms with van der Waals surface area (Å²) < 4.78 is 7.47. The lowest BCUT2D eigenvalue weighted by Gasteiger charge is -2.06. The molecule has 2 heterocycles. The smallest absolute Gasteiger partial charge is 0.347 e. The average Bonchev–Trinajstić information content (AvgIpc) is 2.92. The topological polar surface area (TPSA) is 48.0 Å². The summed E-state index contributed by atoms with van der Waals surface area (Å²) in [7, 11) is 0. The summed E-state index contributed by atoms with van der Waals surface area (Å²) in [5.74, 6) is 0.656. The van der Waals surface area contributed by atoms with Crippen LogP contribution in [0.15, 0.2) is 63.8 Å².